The third-order valence-electron chi connectivity index (χ3n) is 29.9. The Labute approximate surface area is 613 Å². The molecule has 0 N–H and O–H groups in total. The molecule has 0 amide bonds. The molecule has 6 aromatic rings. The molecule has 3 aliphatic carbocycles. The zero-order chi connectivity index (χ0) is 73.2. The van der Waals surface area contributed by atoms with E-state index in [0.717, 1.165) is 96.3 Å². The van der Waals surface area contributed by atoms with Crippen molar-refractivity contribution < 1.29 is 13.6 Å². The lowest BCUT2D eigenvalue weighted by Gasteiger charge is -2.62. The summed E-state index contributed by atoms with van der Waals surface area (Å²) in [5.41, 5.74) is 13.1. The average molecular weight is 1370 g/mol. The van der Waals surface area contributed by atoms with Gasteiger partial charge >= 0.3 is 8.60 Å². The lowest BCUT2D eigenvalue weighted by atomic mass is 9.45. The van der Waals surface area contributed by atoms with Gasteiger partial charge in [0.2, 0.25) is 0 Å². The summed E-state index contributed by atoms with van der Waals surface area (Å²) >= 11 is 0. The minimum Gasteiger partial charge on any atom is -0.304 e. The molecule has 0 spiro atoms. The van der Waals surface area contributed by atoms with E-state index in [-0.39, 0.29) is 48.7 Å². The van der Waals surface area contributed by atoms with Crippen molar-refractivity contribution in [2.75, 3.05) is 0 Å². The predicted octanol–water partition coefficient (Wildman–Crippen LogP) is 27.6. The fourth-order valence-electron chi connectivity index (χ4n) is 19.7. The molecule has 100 heavy (non-hydrogen) atoms. The summed E-state index contributed by atoms with van der Waals surface area (Å²) in [5.74, 6) is 0. The Balaban J connectivity index is 1.42. The van der Waals surface area contributed by atoms with Crippen LogP contribution in [0.4, 0.5) is 0 Å². The van der Waals surface area contributed by atoms with Crippen LogP contribution in [0, 0.1) is 69.5 Å². The van der Waals surface area contributed by atoms with Gasteiger partial charge in [-0.25, -0.2) is 0 Å². The number of hydrogen-bond acceptors (Lipinski definition) is 3. The topological polar surface area (TPSA) is 27.7 Å². The number of rotatable bonds is 30. The summed E-state index contributed by atoms with van der Waals surface area (Å²) in [6, 6.07) is 55.9. The molecule has 4 heteroatoms. The fraction of sp³-hybridized carbons (Fsp3) is 0.562. The van der Waals surface area contributed by atoms with Gasteiger partial charge in [-0.1, -0.05) is 366 Å². The van der Waals surface area contributed by atoms with Crippen LogP contribution in [0.15, 0.2) is 182 Å². The molecule has 9 unspecified atom stereocenters. The summed E-state index contributed by atoms with van der Waals surface area (Å²) in [6.07, 6.45) is 28.5. The van der Waals surface area contributed by atoms with E-state index in [0.29, 0.717) is 0 Å². The summed E-state index contributed by atoms with van der Waals surface area (Å²) in [4.78, 5) is 0. The normalized spacial score (nSPS) is 26.5. The number of allylic oxidation sites excluding steroid dienone is 3. The predicted molar refractivity (Wildman–Crippen MR) is 432 cm³/mol. The van der Waals surface area contributed by atoms with Crippen LogP contribution in [0.3, 0.4) is 0 Å². The monoisotopic (exact) mass is 1370 g/mol. The van der Waals surface area contributed by atoms with Gasteiger partial charge in [0.25, 0.3) is 0 Å². The highest BCUT2D eigenvalue weighted by Crippen LogP contribution is 2.71. The highest BCUT2D eigenvalue weighted by Gasteiger charge is 2.65. The van der Waals surface area contributed by atoms with Gasteiger partial charge in [0.15, 0.2) is 0 Å². The molecule has 0 aliphatic heterocycles. The van der Waals surface area contributed by atoms with Crippen LogP contribution in [0.2, 0.25) is 0 Å². The minimum absolute atomic E-state index is 0.0368. The molecule has 0 fully saturated rings. The first-order chi connectivity index (χ1) is 47.2. The molecule has 0 heterocycles. The van der Waals surface area contributed by atoms with Crippen molar-refractivity contribution in [3.8, 4) is 0 Å². The van der Waals surface area contributed by atoms with Crippen molar-refractivity contribution >= 4 is 8.60 Å². The number of hydrogen-bond donors (Lipinski definition) is 0. The van der Waals surface area contributed by atoms with Gasteiger partial charge in [-0.2, -0.15) is 0 Å². The Kier molecular flexibility index (Phi) is 24.1. The van der Waals surface area contributed by atoms with Crippen LogP contribution in [-0.4, -0.2) is 18.3 Å². The third kappa shape index (κ3) is 13.8. The molecule has 0 radical (unpaired) electrons. The van der Waals surface area contributed by atoms with Gasteiger partial charge in [0.05, 0.1) is 18.3 Å². The van der Waals surface area contributed by atoms with Crippen LogP contribution in [0.25, 0.3) is 0 Å². The summed E-state index contributed by atoms with van der Waals surface area (Å²) in [6.45, 7) is 59.5. The number of aryl methyl sites for hydroxylation is 3. The van der Waals surface area contributed by atoms with Crippen LogP contribution in [0.5, 0.6) is 0 Å². The molecule has 0 bridgehead atoms. The summed E-state index contributed by atoms with van der Waals surface area (Å²) in [5, 5.41) is 0. The first kappa shape index (κ1) is 79.0. The van der Waals surface area contributed by atoms with E-state index in [4.69, 9.17) is 13.6 Å². The SMILES string of the molecule is CCC(C)(C)C1(CC)C=CC(OP(OC2C=CC(CC)(C(C)(C)CC)CC2(c2ccccc2Cc2ccccc2C)C(C)(C)CC)OC2C=CC(CC)(C(C)(C)CC)CC2(c2ccccc2Cc2ccccc2C)C(C)(C)CC)C(c2ccccc2Cc2ccccc2C)(C(C)(C)CC)C1. The second kappa shape index (κ2) is 30.5. The molecule has 3 nitrogen and oxygen atoms in total. The Morgan fingerprint density at radius 1 is 0.300 bits per heavy atom. The molecule has 0 aromatic heterocycles. The Bertz CT molecular complexity index is 3440. The Morgan fingerprint density at radius 3 is 0.720 bits per heavy atom. The second-order valence-electron chi connectivity index (χ2n) is 35.6. The number of benzene rings is 6. The second-order valence-corrected chi connectivity index (χ2v) is 36.6. The van der Waals surface area contributed by atoms with Crippen LogP contribution < -0.4 is 0 Å². The molecule has 542 valence electrons. The molecule has 9 atom stereocenters. The zero-order valence-corrected chi connectivity index (χ0v) is 68.2. The maximum absolute atomic E-state index is 8.80. The van der Waals surface area contributed by atoms with E-state index in [1.807, 2.05) is 0 Å². The van der Waals surface area contributed by atoms with Gasteiger partial charge in [0, 0.05) is 16.2 Å². The quantitative estimate of drug-likeness (QED) is 0.0332. The van der Waals surface area contributed by atoms with Crippen molar-refractivity contribution in [3.05, 3.63) is 249 Å². The minimum atomic E-state index is -2.28. The first-order valence-electron chi connectivity index (χ1n) is 39.5. The van der Waals surface area contributed by atoms with E-state index in [9.17, 15) is 0 Å². The van der Waals surface area contributed by atoms with Gasteiger partial charge < -0.3 is 13.6 Å². The van der Waals surface area contributed by atoms with Gasteiger partial charge in [0.1, 0.15) is 0 Å². The lowest BCUT2D eigenvalue weighted by molar-refractivity contribution is -0.0790. The highest BCUT2D eigenvalue weighted by atomic mass is 31.2. The molecule has 9 rings (SSSR count). The summed E-state index contributed by atoms with van der Waals surface area (Å²) < 4.78 is 26.4. The fourth-order valence-corrected chi connectivity index (χ4v) is 21.1. The maximum Gasteiger partial charge on any atom is 0.334 e. The van der Waals surface area contributed by atoms with E-state index in [1.165, 1.54) is 66.8 Å². The smallest absolute Gasteiger partial charge is 0.304 e. The molecule has 0 saturated carbocycles. The van der Waals surface area contributed by atoms with Crippen molar-refractivity contribution in [1.82, 2.24) is 0 Å². The molecule has 3 aliphatic rings. The first-order valence-corrected chi connectivity index (χ1v) is 40.6. The van der Waals surface area contributed by atoms with Gasteiger partial charge in [-0.3, -0.25) is 0 Å². The Morgan fingerprint density at radius 2 is 0.510 bits per heavy atom. The van der Waals surface area contributed by atoms with Crippen LogP contribution in [-0.2, 0) is 49.1 Å². The standard InChI is InChI=1S/C96H135O3P/c1-25-85(13,14)91(31-7)61-58-82(94(67-91,88(19,20)28-4)79-55-43-40-52-76(79)64-73-49-37-34-46-70(73)10)97-100(98-83-59-62-92(32-8,86(15,16)26-2)68-95(83,89(21,22)29-5)80-56-44-41-53-77(80)65-74-50-38-35-47-71(74)11)99-84-60-63-93(33-9,87(17,18)27-3)69-96(84,90(23,24)30-6)81-57-45-42-54-78(81)66-75-51-39-36-48-72(75)12/h34-63,82-84H,25-33,64-69H2,1-24H3. The van der Waals surface area contributed by atoms with E-state index >= 15 is 0 Å². The van der Waals surface area contributed by atoms with Gasteiger partial charge in [-0.15, -0.1) is 0 Å². The largest absolute Gasteiger partial charge is 0.334 e. The molecule has 0 saturated heterocycles. The van der Waals surface area contributed by atoms with Crippen molar-refractivity contribution in [2.24, 2.45) is 48.7 Å². The van der Waals surface area contributed by atoms with E-state index < -0.39 is 43.2 Å². The van der Waals surface area contributed by atoms with Crippen molar-refractivity contribution in [3.63, 3.8) is 0 Å². The van der Waals surface area contributed by atoms with Crippen LogP contribution in [0.1, 0.15) is 289 Å². The van der Waals surface area contributed by atoms with E-state index in [2.05, 4.69) is 348 Å². The highest BCUT2D eigenvalue weighted by molar-refractivity contribution is 7.41. The van der Waals surface area contributed by atoms with Crippen molar-refractivity contribution in [2.45, 2.75) is 297 Å². The molecular weight excluding hydrogens is 1230 g/mol. The maximum atomic E-state index is 8.80. The third-order valence-corrected chi connectivity index (χ3v) is 31.1. The lowest BCUT2D eigenvalue weighted by Crippen LogP contribution is -2.60. The van der Waals surface area contributed by atoms with E-state index in [1.54, 1.807) is 0 Å². The van der Waals surface area contributed by atoms with Gasteiger partial charge in [-0.05, 0) is 194 Å². The zero-order valence-electron chi connectivity index (χ0n) is 67.3. The van der Waals surface area contributed by atoms with Crippen molar-refractivity contribution in [1.29, 1.82) is 0 Å². The molecule has 6 aromatic carbocycles. The average Bonchev–Trinajstić information content (AvgIpc) is 0.714. The molecular formula is C96H135O3P. The Hall–Kier alpha value is -5.15. The summed E-state index contributed by atoms with van der Waals surface area (Å²) in [7, 11) is -2.28. The van der Waals surface area contributed by atoms with Crippen LogP contribution >= 0.6 is 8.60 Å².